The number of thiophene rings is 1. The van der Waals surface area contributed by atoms with Crippen molar-refractivity contribution in [1.29, 1.82) is 0 Å². The zero-order valence-corrected chi connectivity index (χ0v) is 12.9. The summed E-state index contributed by atoms with van der Waals surface area (Å²) in [6.07, 6.45) is 2.79. The van der Waals surface area contributed by atoms with Gasteiger partial charge in [-0.1, -0.05) is 18.2 Å². The van der Waals surface area contributed by atoms with Crippen LogP contribution in [0.5, 0.6) is 5.75 Å². The molecule has 3 rings (SSSR count). The van der Waals surface area contributed by atoms with E-state index in [0.717, 1.165) is 25.0 Å². The topological polar surface area (TPSA) is 38.3 Å². The summed E-state index contributed by atoms with van der Waals surface area (Å²) in [6, 6.07) is 12.1. The van der Waals surface area contributed by atoms with Gasteiger partial charge < -0.3 is 10.1 Å². The highest BCUT2D eigenvalue weighted by Crippen LogP contribution is 2.50. The molecule has 0 saturated heterocycles. The molecular formula is C17H19NO2S. The Morgan fingerprint density at radius 1 is 1.29 bits per heavy atom. The number of benzene rings is 1. The summed E-state index contributed by atoms with van der Waals surface area (Å²) in [5.41, 5.74) is 0.978. The van der Waals surface area contributed by atoms with Crippen molar-refractivity contribution in [3.05, 3.63) is 52.2 Å². The molecule has 0 spiro atoms. The predicted molar refractivity (Wildman–Crippen MR) is 84.9 cm³/mol. The molecular weight excluding hydrogens is 282 g/mol. The monoisotopic (exact) mass is 301 g/mol. The number of amides is 1. The van der Waals surface area contributed by atoms with E-state index in [0.29, 0.717) is 6.54 Å². The second kappa shape index (κ2) is 5.90. The lowest BCUT2D eigenvalue weighted by molar-refractivity contribution is -0.123. The van der Waals surface area contributed by atoms with Crippen LogP contribution in [0.15, 0.2) is 41.8 Å². The predicted octanol–water partition coefficient (Wildman–Crippen LogP) is 3.15. The molecule has 21 heavy (non-hydrogen) atoms. The fraction of sp³-hybridized carbons (Fsp3) is 0.353. The molecule has 1 saturated carbocycles. The maximum Gasteiger partial charge on any atom is 0.231 e. The van der Waals surface area contributed by atoms with E-state index in [1.165, 1.54) is 10.4 Å². The second-order valence-corrected chi connectivity index (χ2v) is 6.36. The first-order valence-corrected chi connectivity index (χ1v) is 8.08. The third-order valence-corrected chi connectivity index (χ3v) is 5.11. The molecule has 110 valence electrons. The zero-order chi connectivity index (χ0) is 14.7. The highest BCUT2D eigenvalue weighted by molar-refractivity contribution is 7.10. The Bertz CT molecular complexity index is 600. The SMILES string of the molecule is COc1ccc(CCNC(=O)C2(c3cccs3)CC2)cc1. The van der Waals surface area contributed by atoms with Crippen molar-refractivity contribution in [2.24, 2.45) is 0 Å². The average molecular weight is 301 g/mol. The number of hydrogen-bond acceptors (Lipinski definition) is 3. The van der Waals surface area contributed by atoms with Gasteiger partial charge in [0.25, 0.3) is 0 Å². The van der Waals surface area contributed by atoms with E-state index < -0.39 is 0 Å². The van der Waals surface area contributed by atoms with Gasteiger partial charge in [0.15, 0.2) is 0 Å². The third kappa shape index (κ3) is 2.95. The molecule has 0 radical (unpaired) electrons. The molecule has 1 fully saturated rings. The summed E-state index contributed by atoms with van der Waals surface area (Å²) in [7, 11) is 1.66. The molecule has 0 bridgehead atoms. The molecule has 0 unspecified atom stereocenters. The lowest BCUT2D eigenvalue weighted by Crippen LogP contribution is -2.35. The summed E-state index contributed by atoms with van der Waals surface area (Å²) in [5, 5.41) is 5.13. The summed E-state index contributed by atoms with van der Waals surface area (Å²) < 4.78 is 5.14. The van der Waals surface area contributed by atoms with Crippen molar-refractivity contribution in [2.75, 3.05) is 13.7 Å². The standard InChI is InChI=1S/C17H19NO2S/c1-20-14-6-4-13(5-7-14)8-11-18-16(19)17(9-10-17)15-3-2-12-21-15/h2-7,12H,8-11H2,1H3,(H,18,19). The Morgan fingerprint density at radius 2 is 2.05 bits per heavy atom. The maximum atomic E-state index is 12.4. The Labute approximate surface area is 129 Å². The fourth-order valence-corrected chi connectivity index (χ4v) is 3.53. The summed E-state index contributed by atoms with van der Waals surface area (Å²) in [4.78, 5) is 13.6. The Kier molecular flexibility index (Phi) is 3.97. The number of rotatable bonds is 6. The summed E-state index contributed by atoms with van der Waals surface area (Å²) >= 11 is 1.68. The van der Waals surface area contributed by atoms with Gasteiger partial charge in [-0.2, -0.15) is 0 Å². The van der Waals surface area contributed by atoms with Gasteiger partial charge in [-0.25, -0.2) is 0 Å². The number of carbonyl (C=O) groups is 1. The van der Waals surface area contributed by atoms with E-state index in [-0.39, 0.29) is 11.3 Å². The van der Waals surface area contributed by atoms with Gasteiger partial charge in [0.05, 0.1) is 12.5 Å². The quantitative estimate of drug-likeness (QED) is 0.890. The minimum atomic E-state index is -0.228. The minimum absolute atomic E-state index is 0.179. The summed E-state index contributed by atoms with van der Waals surface area (Å²) in [5.74, 6) is 1.04. The van der Waals surface area contributed by atoms with Gasteiger partial charge in [0.2, 0.25) is 5.91 Å². The Hall–Kier alpha value is -1.81. The largest absolute Gasteiger partial charge is 0.497 e. The number of methoxy groups -OCH3 is 1. The van der Waals surface area contributed by atoms with E-state index in [4.69, 9.17) is 4.74 Å². The molecule has 1 aromatic carbocycles. The van der Waals surface area contributed by atoms with Crippen molar-refractivity contribution in [2.45, 2.75) is 24.7 Å². The minimum Gasteiger partial charge on any atom is -0.497 e. The van der Waals surface area contributed by atoms with Gasteiger partial charge in [-0.05, 0) is 48.4 Å². The third-order valence-electron chi connectivity index (χ3n) is 4.04. The van der Waals surface area contributed by atoms with Gasteiger partial charge in [-0.3, -0.25) is 4.79 Å². The first-order chi connectivity index (χ1) is 10.2. The van der Waals surface area contributed by atoms with Crippen LogP contribution in [0.3, 0.4) is 0 Å². The van der Waals surface area contributed by atoms with Crippen LogP contribution in [-0.2, 0) is 16.6 Å². The highest BCUT2D eigenvalue weighted by atomic mass is 32.1. The molecule has 1 aliphatic rings. The van der Waals surface area contributed by atoms with Crippen LogP contribution in [0.1, 0.15) is 23.3 Å². The van der Waals surface area contributed by atoms with Crippen molar-refractivity contribution in [1.82, 2.24) is 5.32 Å². The molecule has 1 N–H and O–H groups in total. The normalized spacial score (nSPS) is 15.5. The molecule has 3 nitrogen and oxygen atoms in total. The van der Waals surface area contributed by atoms with Crippen LogP contribution < -0.4 is 10.1 Å². The van der Waals surface area contributed by atoms with Crippen molar-refractivity contribution in [3.8, 4) is 5.75 Å². The zero-order valence-electron chi connectivity index (χ0n) is 12.1. The van der Waals surface area contributed by atoms with Crippen molar-refractivity contribution < 1.29 is 9.53 Å². The van der Waals surface area contributed by atoms with Crippen molar-refractivity contribution in [3.63, 3.8) is 0 Å². The molecule has 4 heteroatoms. The lowest BCUT2D eigenvalue weighted by Gasteiger charge is -2.13. The number of nitrogens with one attached hydrogen (secondary N) is 1. The average Bonchev–Trinajstić information content (AvgIpc) is 3.15. The first kappa shape index (κ1) is 14.1. The first-order valence-electron chi connectivity index (χ1n) is 7.20. The molecule has 1 aromatic heterocycles. The van der Waals surface area contributed by atoms with E-state index in [2.05, 4.69) is 11.4 Å². The second-order valence-electron chi connectivity index (χ2n) is 5.41. The molecule has 2 aromatic rings. The van der Waals surface area contributed by atoms with Gasteiger partial charge in [0, 0.05) is 11.4 Å². The molecule has 1 aliphatic carbocycles. The molecule has 1 amide bonds. The van der Waals surface area contributed by atoms with E-state index in [1.807, 2.05) is 35.7 Å². The molecule has 0 atom stereocenters. The maximum absolute atomic E-state index is 12.4. The number of ether oxygens (including phenoxy) is 1. The van der Waals surface area contributed by atoms with E-state index in [9.17, 15) is 4.79 Å². The van der Waals surface area contributed by atoms with Crippen LogP contribution in [0.2, 0.25) is 0 Å². The van der Waals surface area contributed by atoms with Gasteiger partial charge in [0.1, 0.15) is 5.75 Å². The van der Waals surface area contributed by atoms with Crippen LogP contribution in [0, 0.1) is 0 Å². The Balaban J connectivity index is 1.52. The smallest absolute Gasteiger partial charge is 0.231 e. The van der Waals surface area contributed by atoms with E-state index >= 15 is 0 Å². The number of carbonyl (C=O) groups excluding carboxylic acids is 1. The molecule has 0 aliphatic heterocycles. The number of hydrogen-bond donors (Lipinski definition) is 1. The van der Waals surface area contributed by atoms with Crippen molar-refractivity contribution >= 4 is 17.2 Å². The van der Waals surface area contributed by atoms with Crippen LogP contribution in [0.4, 0.5) is 0 Å². The fourth-order valence-electron chi connectivity index (χ4n) is 2.54. The Morgan fingerprint density at radius 3 is 2.62 bits per heavy atom. The van der Waals surface area contributed by atoms with Gasteiger partial charge in [-0.15, -0.1) is 11.3 Å². The van der Waals surface area contributed by atoms with E-state index in [1.54, 1.807) is 18.4 Å². The van der Waals surface area contributed by atoms with Crippen LogP contribution in [0.25, 0.3) is 0 Å². The lowest BCUT2D eigenvalue weighted by atomic mass is 10.0. The summed E-state index contributed by atoms with van der Waals surface area (Å²) in [6.45, 7) is 0.679. The van der Waals surface area contributed by atoms with Crippen LogP contribution in [-0.4, -0.2) is 19.6 Å². The van der Waals surface area contributed by atoms with Gasteiger partial charge >= 0.3 is 0 Å². The van der Waals surface area contributed by atoms with Crippen LogP contribution >= 0.6 is 11.3 Å². The molecule has 1 heterocycles. The highest BCUT2D eigenvalue weighted by Gasteiger charge is 2.51.